The van der Waals surface area contributed by atoms with Gasteiger partial charge in [-0.2, -0.15) is 0 Å². The van der Waals surface area contributed by atoms with E-state index in [0.29, 0.717) is 11.1 Å². The van der Waals surface area contributed by atoms with Crippen LogP contribution in [0.1, 0.15) is 41.3 Å². The van der Waals surface area contributed by atoms with Gasteiger partial charge in [0, 0.05) is 11.6 Å². The van der Waals surface area contributed by atoms with Gasteiger partial charge in [0.1, 0.15) is 5.82 Å². The molecule has 3 aromatic rings. The Labute approximate surface area is 192 Å². The SMILES string of the molecule is Cc1cc(C)c(NC(=O)CNC(=O)CSc2nc(C3CC3)n(-c3ccccc3)n2)c(C)c1. The molecule has 1 saturated carbocycles. The van der Waals surface area contributed by atoms with Crippen LogP contribution in [0.3, 0.4) is 0 Å². The number of aryl methyl sites for hydroxylation is 3. The highest BCUT2D eigenvalue weighted by Crippen LogP contribution is 2.40. The van der Waals surface area contributed by atoms with E-state index in [9.17, 15) is 9.59 Å². The highest BCUT2D eigenvalue weighted by molar-refractivity contribution is 7.99. The van der Waals surface area contributed by atoms with E-state index in [0.717, 1.165) is 46.7 Å². The van der Waals surface area contributed by atoms with Crippen molar-refractivity contribution in [2.75, 3.05) is 17.6 Å². The third-order valence-electron chi connectivity index (χ3n) is 5.28. The van der Waals surface area contributed by atoms with E-state index in [1.807, 2.05) is 67.9 Å². The minimum absolute atomic E-state index is 0.0780. The molecule has 0 aliphatic heterocycles. The molecule has 0 bridgehead atoms. The molecule has 2 N–H and O–H groups in total. The van der Waals surface area contributed by atoms with Crippen LogP contribution < -0.4 is 10.6 Å². The van der Waals surface area contributed by atoms with Gasteiger partial charge in [-0.05, 0) is 56.9 Å². The van der Waals surface area contributed by atoms with Crippen LogP contribution in [0.2, 0.25) is 0 Å². The lowest BCUT2D eigenvalue weighted by Crippen LogP contribution is -2.34. The third kappa shape index (κ3) is 5.37. The Hall–Kier alpha value is -3.13. The van der Waals surface area contributed by atoms with Crippen LogP contribution in [0.5, 0.6) is 0 Å². The maximum Gasteiger partial charge on any atom is 0.243 e. The molecule has 4 rings (SSSR count). The van der Waals surface area contributed by atoms with Gasteiger partial charge in [-0.15, -0.1) is 5.10 Å². The molecule has 1 fully saturated rings. The number of amides is 2. The number of thioether (sulfide) groups is 1. The molecule has 32 heavy (non-hydrogen) atoms. The summed E-state index contributed by atoms with van der Waals surface area (Å²) in [5, 5.41) is 10.7. The summed E-state index contributed by atoms with van der Waals surface area (Å²) in [4.78, 5) is 29.2. The molecule has 2 amide bonds. The van der Waals surface area contributed by atoms with Crippen LogP contribution in [-0.4, -0.2) is 38.9 Å². The molecule has 0 spiro atoms. The van der Waals surface area contributed by atoms with Gasteiger partial charge < -0.3 is 10.6 Å². The van der Waals surface area contributed by atoms with Crippen molar-refractivity contribution < 1.29 is 9.59 Å². The second kappa shape index (κ2) is 9.56. The number of para-hydroxylation sites is 1. The van der Waals surface area contributed by atoms with Gasteiger partial charge in [0.15, 0.2) is 0 Å². The molecule has 1 aliphatic rings. The molecule has 8 heteroatoms. The van der Waals surface area contributed by atoms with Crippen LogP contribution in [0.25, 0.3) is 5.69 Å². The summed E-state index contributed by atoms with van der Waals surface area (Å²) < 4.78 is 1.87. The number of rotatable bonds is 8. The topological polar surface area (TPSA) is 88.9 Å². The van der Waals surface area contributed by atoms with Crippen molar-refractivity contribution >= 4 is 29.3 Å². The first-order chi connectivity index (χ1) is 15.4. The molecule has 0 radical (unpaired) electrons. The average Bonchev–Trinajstić information content (AvgIpc) is 3.53. The fourth-order valence-electron chi connectivity index (χ4n) is 3.65. The zero-order valence-corrected chi connectivity index (χ0v) is 19.3. The van der Waals surface area contributed by atoms with Crippen molar-refractivity contribution in [2.24, 2.45) is 0 Å². The Morgan fingerprint density at radius 1 is 1.06 bits per heavy atom. The Morgan fingerprint density at radius 2 is 1.75 bits per heavy atom. The maximum absolute atomic E-state index is 12.3. The zero-order valence-electron chi connectivity index (χ0n) is 18.5. The highest BCUT2D eigenvalue weighted by Gasteiger charge is 2.30. The predicted octanol–water partition coefficient (Wildman–Crippen LogP) is 3.92. The van der Waals surface area contributed by atoms with E-state index in [4.69, 9.17) is 0 Å². The van der Waals surface area contributed by atoms with Crippen molar-refractivity contribution in [3.63, 3.8) is 0 Å². The van der Waals surface area contributed by atoms with Crippen molar-refractivity contribution in [3.8, 4) is 5.69 Å². The number of carbonyl (C=O) groups is 2. The summed E-state index contributed by atoms with van der Waals surface area (Å²) in [7, 11) is 0. The Bertz CT molecular complexity index is 1120. The van der Waals surface area contributed by atoms with Crippen LogP contribution >= 0.6 is 11.8 Å². The lowest BCUT2D eigenvalue weighted by Gasteiger charge is -2.13. The summed E-state index contributed by atoms with van der Waals surface area (Å²) in [5.74, 6) is 1.05. The van der Waals surface area contributed by atoms with E-state index in [1.54, 1.807) is 0 Å². The first kappa shape index (κ1) is 22.1. The monoisotopic (exact) mass is 449 g/mol. The van der Waals surface area contributed by atoms with Gasteiger partial charge in [0.2, 0.25) is 17.0 Å². The van der Waals surface area contributed by atoms with Crippen molar-refractivity contribution in [1.29, 1.82) is 0 Å². The number of hydrogen-bond acceptors (Lipinski definition) is 5. The summed E-state index contributed by atoms with van der Waals surface area (Å²) in [5.41, 5.74) is 4.93. The minimum Gasteiger partial charge on any atom is -0.346 e. The predicted molar refractivity (Wildman–Crippen MR) is 126 cm³/mol. The van der Waals surface area contributed by atoms with Crippen LogP contribution in [-0.2, 0) is 9.59 Å². The second-order valence-corrected chi connectivity index (χ2v) is 9.10. The molecular weight excluding hydrogens is 422 g/mol. The Morgan fingerprint density at radius 3 is 2.41 bits per heavy atom. The van der Waals surface area contributed by atoms with E-state index in [1.165, 1.54) is 11.8 Å². The molecule has 1 heterocycles. The van der Waals surface area contributed by atoms with Crippen molar-refractivity contribution in [1.82, 2.24) is 20.1 Å². The van der Waals surface area contributed by atoms with Gasteiger partial charge >= 0.3 is 0 Å². The third-order valence-corrected chi connectivity index (χ3v) is 6.11. The van der Waals surface area contributed by atoms with E-state index in [2.05, 4.69) is 20.7 Å². The lowest BCUT2D eigenvalue weighted by atomic mass is 10.1. The first-order valence-corrected chi connectivity index (χ1v) is 11.7. The lowest BCUT2D eigenvalue weighted by molar-refractivity contribution is -0.122. The van der Waals surface area contributed by atoms with Gasteiger partial charge in [0.05, 0.1) is 18.0 Å². The van der Waals surface area contributed by atoms with Crippen LogP contribution in [0.15, 0.2) is 47.6 Å². The maximum atomic E-state index is 12.3. The Kier molecular flexibility index (Phi) is 6.60. The van der Waals surface area contributed by atoms with Gasteiger partial charge in [-0.1, -0.05) is 47.7 Å². The molecule has 2 aromatic carbocycles. The molecule has 0 atom stereocenters. The molecule has 7 nitrogen and oxygen atoms in total. The number of nitrogens with zero attached hydrogens (tertiary/aromatic N) is 3. The fourth-order valence-corrected chi connectivity index (χ4v) is 4.31. The minimum atomic E-state index is -0.249. The largest absolute Gasteiger partial charge is 0.346 e. The summed E-state index contributed by atoms with van der Waals surface area (Å²) in [6, 6.07) is 14.0. The fraction of sp³-hybridized carbons (Fsp3) is 0.333. The standard InChI is InChI=1S/C24H27N5O2S/c1-15-11-16(2)22(17(3)12-15)26-20(30)13-25-21(31)14-32-24-27-23(18-9-10-18)29(28-24)19-7-5-4-6-8-19/h4-8,11-12,18H,9-10,13-14H2,1-3H3,(H,25,31)(H,26,30). The Balaban J connectivity index is 1.30. The van der Waals surface area contributed by atoms with Gasteiger partial charge in [-0.25, -0.2) is 9.67 Å². The number of nitrogens with one attached hydrogen (secondary N) is 2. The van der Waals surface area contributed by atoms with Gasteiger partial charge in [-0.3, -0.25) is 9.59 Å². The molecule has 166 valence electrons. The smallest absolute Gasteiger partial charge is 0.243 e. The number of anilines is 1. The van der Waals surface area contributed by atoms with Crippen molar-refractivity contribution in [3.05, 3.63) is 65.0 Å². The molecule has 0 saturated heterocycles. The highest BCUT2D eigenvalue weighted by atomic mass is 32.2. The van der Waals surface area contributed by atoms with Crippen molar-refractivity contribution in [2.45, 2.75) is 44.7 Å². The number of benzene rings is 2. The molecule has 1 aliphatic carbocycles. The van der Waals surface area contributed by atoms with Crippen LogP contribution in [0, 0.1) is 20.8 Å². The summed E-state index contributed by atoms with van der Waals surface area (Å²) in [6.07, 6.45) is 2.23. The first-order valence-electron chi connectivity index (χ1n) is 10.7. The van der Waals surface area contributed by atoms with Crippen LogP contribution in [0.4, 0.5) is 5.69 Å². The van der Waals surface area contributed by atoms with E-state index in [-0.39, 0.29) is 24.1 Å². The summed E-state index contributed by atoms with van der Waals surface area (Å²) >= 11 is 1.28. The molecule has 1 aromatic heterocycles. The number of hydrogen-bond donors (Lipinski definition) is 2. The molecule has 0 unspecified atom stereocenters. The average molecular weight is 450 g/mol. The summed E-state index contributed by atoms with van der Waals surface area (Å²) in [6.45, 7) is 5.87. The normalized spacial score (nSPS) is 13.1. The van der Waals surface area contributed by atoms with E-state index >= 15 is 0 Å². The zero-order chi connectivity index (χ0) is 22.7. The molecular formula is C24H27N5O2S. The van der Waals surface area contributed by atoms with E-state index < -0.39 is 0 Å². The quantitative estimate of drug-likeness (QED) is 0.509. The number of carbonyl (C=O) groups excluding carboxylic acids is 2. The number of aromatic nitrogens is 3. The van der Waals surface area contributed by atoms with Gasteiger partial charge in [0.25, 0.3) is 0 Å². The second-order valence-electron chi connectivity index (χ2n) is 8.16.